The van der Waals surface area contributed by atoms with Gasteiger partial charge in [0.2, 0.25) is 10.0 Å². The molecule has 9 nitrogen and oxygen atoms in total. The molecule has 0 unspecified atom stereocenters. The molecule has 4 aromatic rings. The van der Waals surface area contributed by atoms with Gasteiger partial charge in [0.05, 0.1) is 25.6 Å². The van der Waals surface area contributed by atoms with Gasteiger partial charge in [-0.05, 0) is 68.1 Å². The minimum Gasteiger partial charge on any atom is -0.488 e. The minimum atomic E-state index is -3.77. The van der Waals surface area contributed by atoms with Crippen LogP contribution in [0.25, 0.3) is 11.0 Å². The molecule has 0 saturated heterocycles. The van der Waals surface area contributed by atoms with Gasteiger partial charge in [-0.15, -0.1) is 16.4 Å². The average molecular weight is 583 g/mol. The molecule has 5 rings (SSSR count). The molecule has 11 heteroatoms. The summed E-state index contributed by atoms with van der Waals surface area (Å²) in [6, 6.07) is 12.9. The first-order valence-corrected chi connectivity index (χ1v) is 15.7. The van der Waals surface area contributed by atoms with E-state index in [1.165, 1.54) is 11.4 Å². The van der Waals surface area contributed by atoms with Crippen molar-refractivity contribution in [2.75, 3.05) is 13.7 Å². The third-order valence-corrected chi connectivity index (χ3v) is 10.7. The molecule has 0 amide bonds. The van der Waals surface area contributed by atoms with E-state index in [9.17, 15) is 13.2 Å². The maximum Gasteiger partial charge on any atom is 0.306 e. The van der Waals surface area contributed by atoms with Crippen LogP contribution in [-0.2, 0) is 32.6 Å². The normalized spacial score (nSPS) is 17.7. The molecule has 0 N–H and O–H groups in total. The van der Waals surface area contributed by atoms with E-state index in [4.69, 9.17) is 9.47 Å². The summed E-state index contributed by atoms with van der Waals surface area (Å²) in [6.45, 7) is 9.19. The van der Waals surface area contributed by atoms with Gasteiger partial charge in [0, 0.05) is 28.8 Å². The van der Waals surface area contributed by atoms with Gasteiger partial charge in [-0.25, -0.2) is 13.1 Å². The summed E-state index contributed by atoms with van der Waals surface area (Å²) in [5.74, 6) is -0.193. The van der Waals surface area contributed by atoms with Gasteiger partial charge in [-0.2, -0.15) is 4.31 Å². The molecule has 40 heavy (non-hydrogen) atoms. The Morgan fingerprint density at radius 3 is 2.70 bits per heavy atom. The Bertz CT molecular complexity index is 1660. The molecule has 212 valence electrons. The van der Waals surface area contributed by atoms with Crippen molar-refractivity contribution in [1.82, 2.24) is 19.3 Å². The monoisotopic (exact) mass is 582 g/mol. The number of rotatable bonds is 8. The fourth-order valence-corrected chi connectivity index (χ4v) is 8.01. The van der Waals surface area contributed by atoms with E-state index in [1.807, 2.05) is 50.6 Å². The lowest BCUT2D eigenvalue weighted by atomic mass is 9.89. The number of para-hydroxylation sites is 1. The lowest BCUT2D eigenvalue weighted by Crippen LogP contribution is -2.36. The van der Waals surface area contributed by atoms with E-state index in [0.717, 1.165) is 37.5 Å². The number of sulfonamides is 1. The summed E-state index contributed by atoms with van der Waals surface area (Å²) < 4.78 is 41.9. The number of aromatic nitrogens is 3. The first-order valence-electron chi connectivity index (χ1n) is 13.4. The third-order valence-electron chi connectivity index (χ3n) is 7.61. The van der Waals surface area contributed by atoms with E-state index < -0.39 is 10.0 Å². The number of fused-ring (bicyclic) bond motifs is 2. The molecule has 0 radical (unpaired) electrons. The highest BCUT2D eigenvalue weighted by atomic mass is 32.2. The van der Waals surface area contributed by atoms with Crippen LogP contribution in [0.5, 0.6) is 5.75 Å². The average Bonchev–Trinajstić information content (AvgIpc) is 3.51. The first kappa shape index (κ1) is 28.3. The standard InChI is InChI=1S/C29H34N4O5S2/c1-6-21-17-32(40(35,36)27-11-9-8-10-25(27)38-21)16-20-14-26(39-19(20)4)23(15-28(34)37-5)22-12-13-24-29(18(22)3)30-31-33(24)7-2/h8-14,21,23H,6-7,15-17H2,1-5H3/t21-,23-/m1/s1. The number of carbonyl (C=O) groups is 1. The van der Waals surface area contributed by atoms with Crippen molar-refractivity contribution in [3.63, 3.8) is 0 Å². The Labute approximate surface area is 238 Å². The molecular formula is C29H34N4O5S2. The smallest absolute Gasteiger partial charge is 0.306 e. The van der Waals surface area contributed by atoms with Gasteiger partial charge >= 0.3 is 5.97 Å². The van der Waals surface area contributed by atoms with Crippen LogP contribution in [0.2, 0.25) is 0 Å². The molecule has 2 aromatic carbocycles. The quantitative estimate of drug-likeness (QED) is 0.264. The second-order valence-electron chi connectivity index (χ2n) is 10.0. The van der Waals surface area contributed by atoms with Gasteiger partial charge in [-0.1, -0.05) is 30.3 Å². The lowest BCUT2D eigenvalue weighted by molar-refractivity contribution is -0.140. The van der Waals surface area contributed by atoms with Gasteiger partial charge in [-0.3, -0.25) is 4.79 Å². The summed E-state index contributed by atoms with van der Waals surface area (Å²) in [4.78, 5) is 14.7. The number of aryl methyl sites for hydroxylation is 3. The topological polar surface area (TPSA) is 104 Å². The number of methoxy groups -OCH3 is 1. The molecule has 2 atom stereocenters. The highest BCUT2D eigenvalue weighted by Crippen LogP contribution is 2.40. The van der Waals surface area contributed by atoms with Crippen LogP contribution in [0, 0.1) is 13.8 Å². The van der Waals surface area contributed by atoms with E-state index in [-0.39, 0.29) is 42.4 Å². The van der Waals surface area contributed by atoms with Crippen molar-refractivity contribution in [3.05, 3.63) is 68.9 Å². The molecule has 0 spiro atoms. The van der Waals surface area contributed by atoms with Crippen molar-refractivity contribution >= 4 is 38.4 Å². The van der Waals surface area contributed by atoms with Crippen molar-refractivity contribution in [3.8, 4) is 5.75 Å². The second-order valence-corrected chi connectivity index (χ2v) is 13.2. The predicted molar refractivity (Wildman–Crippen MR) is 154 cm³/mol. The molecule has 3 heterocycles. The molecule has 0 saturated carbocycles. The van der Waals surface area contributed by atoms with E-state index in [1.54, 1.807) is 35.6 Å². The van der Waals surface area contributed by atoms with Gasteiger partial charge in [0.1, 0.15) is 22.3 Å². The van der Waals surface area contributed by atoms with E-state index in [2.05, 4.69) is 10.3 Å². The van der Waals surface area contributed by atoms with E-state index >= 15 is 0 Å². The number of hydrogen-bond donors (Lipinski definition) is 0. The summed E-state index contributed by atoms with van der Waals surface area (Å²) in [5.41, 5.74) is 4.60. The maximum atomic E-state index is 13.7. The number of carbonyl (C=O) groups excluding carboxylic acids is 1. The zero-order chi connectivity index (χ0) is 28.6. The zero-order valence-electron chi connectivity index (χ0n) is 23.4. The van der Waals surface area contributed by atoms with Crippen LogP contribution in [0.4, 0.5) is 0 Å². The van der Waals surface area contributed by atoms with Crippen molar-refractivity contribution in [2.24, 2.45) is 0 Å². The summed E-state index contributed by atoms with van der Waals surface area (Å²) in [5, 5.41) is 8.66. The highest BCUT2D eigenvalue weighted by Gasteiger charge is 2.35. The third kappa shape index (κ3) is 5.13. The molecule has 1 aliphatic rings. The fourth-order valence-electron chi connectivity index (χ4n) is 5.28. The van der Waals surface area contributed by atoms with Crippen molar-refractivity contribution in [2.45, 2.75) is 70.5 Å². The van der Waals surface area contributed by atoms with Crippen molar-refractivity contribution < 1.29 is 22.7 Å². The number of ether oxygens (including phenoxy) is 2. The number of thiophene rings is 1. The Hall–Kier alpha value is -3.28. The van der Waals surface area contributed by atoms with Crippen LogP contribution < -0.4 is 4.74 Å². The maximum absolute atomic E-state index is 13.7. The Kier molecular flexibility index (Phi) is 7.98. The minimum absolute atomic E-state index is 0.158. The lowest BCUT2D eigenvalue weighted by Gasteiger charge is -2.22. The molecule has 1 aliphatic heterocycles. The Balaban J connectivity index is 1.53. The second kappa shape index (κ2) is 11.3. The molecular weight excluding hydrogens is 548 g/mol. The molecule has 2 aromatic heterocycles. The fraction of sp³-hybridized carbons (Fsp3) is 0.414. The summed E-state index contributed by atoms with van der Waals surface area (Å²) in [6.07, 6.45) is 0.584. The predicted octanol–water partition coefficient (Wildman–Crippen LogP) is 5.19. The summed E-state index contributed by atoms with van der Waals surface area (Å²) in [7, 11) is -2.38. The first-order chi connectivity index (χ1) is 19.2. The van der Waals surface area contributed by atoms with Crippen LogP contribution in [0.15, 0.2) is 47.4 Å². The number of benzene rings is 2. The highest BCUT2D eigenvalue weighted by molar-refractivity contribution is 7.89. The van der Waals surface area contributed by atoms with E-state index in [0.29, 0.717) is 18.7 Å². The van der Waals surface area contributed by atoms with Crippen molar-refractivity contribution in [1.29, 1.82) is 0 Å². The van der Waals surface area contributed by atoms with Gasteiger partial charge < -0.3 is 9.47 Å². The molecule has 0 bridgehead atoms. The zero-order valence-corrected chi connectivity index (χ0v) is 25.0. The molecule has 0 aliphatic carbocycles. The van der Waals surface area contributed by atoms with Gasteiger partial charge in [0.15, 0.2) is 0 Å². The van der Waals surface area contributed by atoms with Crippen LogP contribution in [-0.4, -0.2) is 53.4 Å². The van der Waals surface area contributed by atoms with Crippen LogP contribution in [0.1, 0.15) is 59.1 Å². The number of esters is 1. The number of hydrogen-bond acceptors (Lipinski definition) is 8. The van der Waals surface area contributed by atoms with Gasteiger partial charge in [0.25, 0.3) is 0 Å². The molecule has 0 fully saturated rings. The van der Waals surface area contributed by atoms with Crippen LogP contribution >= 0.6 is 11.3 Å². The Morgan fingerprint density at radius 1 is 1.20 bits per heavy atom. The summed E-state index contributed by atoms with van der Waals surface area (Å²) >= 11 is 1.58. The SMILES string of the molecule is CC[C@@H]1CN(Cc2cc([C@H](CC(=O)OC)c3ccc4c(nnn4CC)c3C)sc2C)S(=O)(=O)c2ccccc2O1. The number of nitrogens with zero attached hydrogens (tertiary/aromatic N) is 4. The largest absolute Gasteiger partial charge is 0.488 e. The Morgan fingerprint density at radius 2 is 1.98 bits per heavy atom. The van der Waals surface area contributed by atoms with Crippen LogP contribution in [0.3, 0.4) is 0 Å².